The normalized spacial score (nSPS) is 14.0. The number of nitrogens with zero attached hydrogens (tertiary/aromatic N) is 2. The SMILES string of the molecule is CSCC[C@H](NC(=O)[C@H](CO)NC(=O)[C@@H](Cc1ccc(O)cc1)NC(=O)[C@H](N)CO)C(=O)N[C@@H](CCC(=O)O)C(=O)N[C@H](Cc1cnc[nH]1)C(=O)N[C@H](Cc1ccccc1)C(=O)N[C@@H](CCCN=C(N)N)C(=O)N[C@@H](Cc1c[nH]c2ccccc12)C(=O)NCC(=O)O. The number of phenolic OH excluding ortho intramolecular Hbond substituents is 1. The number of H-pyrrole nitrogens is 2. The number of benzene rings is 3. The number of aliphatic hydroxyl groups excluding tert-OH is 2. The zero-order chi connectivity index (χ0) is 67.3. The molecule has 0 aliphatic carbocycles. The van der Waals surface area contributed by atoms with Gasteiger partial charge in [-0.1, -0.05) is 60.7 Å². The van der Waals surface area contributed by atoms with Gasteiger partial charge in [-0.25, -0.2) is 4.98 Å². The Morgan fingerprint density at radius 2 is 1.05 bits per heavy atom. The highest BCUT2D eigenvalue weighted by atomic mass is 32.2. The van der Waals surface area contributed by atoms with Crippen LogP contribution in [-0.4, -0.2) is 204 Å². The Balaban J connectivity index is 1.40. The van der Waals surface area contributed by atoms with E-state index in [0.717, 1.165) is 0 Å². The molecule has 0 aliphatic rings. The maximum Gasteiger partial charge on any atom is 0.322 e. The molecule has 0 bridgehead atoms. The lowest BCUT2D eigenvalue weighted by molar-refractivity contribution is -0.139. The third kappa shape index (κ3) is 24.0. The Labute approximate surface area is 531 Å². The molecule has 92 heavy (non-hydrogen) atoms. The van der Waals surface area contributed by atoms with Crippen molar-refractivity contribution in [3.8, 4) is 5.75 Å². The highest BCUT2D eigenvalue weighted by molar-refractivity contribution is 7.98. The number of carbonyl (C=O) groups excluding carboxylic acids is 9. The predicted molar refractivity (Wildman–Crippen MR) is 334 cm³/mol. The molecule has 33 heteroatoms. The van der Waals surface area contributed by atoms with Crippen LogP contribution in [0, 0.1) is 0 Å². The first kappa shape index (κ1) is 72.6. The molecule has 0 spiro atoms. The zero-order valence-electron chi connectivity index (χ0n) is 50.1. The highest BCUT2D eigenvalue weighted by Gasteiger charge is 2.36. The molecule has 0 saturated carbocycles. The monoisotopic (exact) mass is 1300 g/mol. The van der Waals surface area contributed by atoms with Gasteiger partial charge in [-0.05, 0) is 72.6 Å². The van der Waals surface area contributed by atoms with Crippen molar-refractivity contribution in [2.45, 2.75) is 112 Å². The summed E-state index contributed by atoms with van der Waals surface area (Å²) in [6.45, 7) is -2.61. The fourth-order valence-electron chi connectivity index (χ4n) is 9.25. The number of aromatic amines is 2. The fraction of sp³-hybridized carbons (Fsp3) is 0.407. The third-order valence-electron chi connectivity index (χ3n) is 14.1. The molecule has 2 aromatic heterocycles. The summed E-state index contributed by atoms with van der Waals surface area (Å²) in [6, 6.07) is 7.09. The number of guanidine groups is 1. The van der Waals surface area contributed by atoms with Crippen molar-refractivity contribution in [3.05, 3.63) is 120 Å². The number of carboxylic acid groups (broad SMARTS) is 2. The van der Waals surface area contributed by atoms with E-state index in [1.165, 1.54) is 48.6 Å². The van der Waals surface area contributed by atoms with Crippen LogP contribution in [-0.2, 0) is 78.4 Å². The van der Waals surface area contributed by atoms with Crippen molar-refractivity contribution < 1.29 is 78.3 Å². The number of imidazole rings is 1. The minimum atomic E-state index is -1.77. The van der Waals surface area contributed by atoms with Crippen LogP contribution in [0.4, 0.5) is 0 Å². The van der Waals surface area contributed by atoms with Gasteiger partial charge in [-0.2, -0.15) is 11.8 Å². The van der Waals surface area contributed by atoms with Crippen molar-refractivity contribution in [1.82, 2.24) is 62.8 Å². The summed E-state index contributed by atoms with van der Waals surface area (Å²) in [5.74, 6) is -11.8. The number of phenols is 1. The number of rotatable bonds is 39. The molecule has 32 nitrogen and oxygen atoms in total. The Morgan fingerprint density at radius 1 is 0.554 bits per heavy atom. The van der Waals surface area contributed by atoms with E-state index in [-0.39, 0.29) is 74.6 Å². The topological polar surface area (TPSA) is 532 Å². The number of carboxylic acids is 2. The standard InChI is InChI=1S/C59H78N16O16S/c1-92-21-19-42(70-58(91)47(30-77)75-56(89)43(71-50(83)38(60)29-76)23-33-13-15-36(78)16-14-33)54(87)69-41(17-18-48(79)80)53(86)74-46(25-35-27-63-31-67-35)57(90)72-44(22-32-8-3-2-4-9-32)55(88)68-40(12-7-20-64-59(61)62)52(85)73-45(51(84)66-28-49(81)82)24-34-26-65-39-11-6-5-10-37(34)39/h2-6,8-11,13-16,26-27,31,38,40-47,65,76-78H,7,12,17-25,28-30,60H2,1H3,(H,63,67)(H,66,84)(H,68,88)(H,69,87)(H,70,91)(H,71,83)(H,72,90)(H,73,85)(H,74,86)(H,75,89)(H,79,80)(H,81,82)(H4,61,62,64)/t38-,40+,41+,42+,43-,44-,45+,46-,47+/m1/s1. The number of carbonyl (C=O) groups is 11. The van der Waals surface area contributed by atoms with E-state index in [1.54, 1.807) is 67.0 Å². The number of aliphatic carboxylic acids is 2. The minimum Gasteiger partial charge on any atom is -0.508 e. The fourth-order valence-corrected chi connectivity index (χ4v) is 9.72. The Bertz CT molecular complexity index is 3330. The molecule has 0 unspecified atom stereocenters. The van der Waals surface area contributed by atoms with E-state index in [1.807, 2.05) is 0 Å². The molecule has 22 N–H and O–H groups in total. The van der Waals surface area contributed by atoms with Crippen LogP contribution >= 0.6 is 11.8 Å². The lowest BCUT2D eigenvalue weighted by Crippen LogP contribution is -2.61. The number of nitrogens with one attached hydrogen (secondary N) is 11. The average molecular weight is 1300 g/mol. The summed E-state index contributed by atoms with van der Waals surface area (Å²) in [6.07, 6.45) is 3.56. The lowest BCUT2D eigenvalue weighted by Gasteiger charge is -2.28. The predicted octanol–water partition coefficient (Wildman–Crippen LogP) is -4.07. The van der Waals surface area contributed by atoms with Gasteiger partial charge in [0.2, 0.25) is 53.2 Å². The molecule has 5 aromatic rings. The van der Waals surface area contributed by atoms with Gasteiger partial charge in [0.05, 0.1) is 19.5 Å². The summed E-state index contributed by atoms with van der Waals surface area (Å²) in [7, 11) is 0. The largest absolute Gasteiger partial charge is 0.508 e. The summed E-state index contributed by atoms with van der Waals surface area (Å²) < 4.78 is 0. The number of aromatic hydroxyl groups is 1. The van der Waals surface area contributed by atoms with Crippen LogP contribution in [0.3, 0.4) is 0 Å². The molecule has 9 atom stereocenters. The van der Waals surface area contributed by atoms with Crippen molar-refractivity contribution in [3.63, 3.8) is 0 Å². The smallest absolute Gasteiger partial charge is 0.322 e. The van der Waals surface area contributed by atoms with Crippen LogP contribution in [0.1, 0.15) is 54.5 Å². The van der Waals surface area contributed by atoms with Gasteiger partial charge in [-0.3, -0.25) is 57.7 Å². The summed E-state index contributed by atoms with van der Waals surface area (Å²) in [5, 5.41) is 72.0. The first-order chi connectivity index (χ1) is 44.0. The average Bonchev–Trinajstić information content (AvgIpc) is 1.75. The number of thioether (sulfide) groups is 1. The summed E-state index contributed by atoms with van der Waals surface area (Å²) in [5.41, 5.74) is 19.3. The number of aromatic nitrogens is 3. The third-order valence-corrected chi connectivity index (χ3v) is 14.8. The summed E-state index contributed by atoms with van der Waals surface area (Å²) in [4.78, 5) is 164. The van der Waals surface area contributed by atoms with E-state index in [9.17, 15) is 78.3 Å². The number of nitrogens with two attached hydrogens (primary N) is 3. The Morgan fingerprint density at radius 3 is 1.60 bits per heavy atom. The second kappa shape index (κ2) is 37.1. The van der Waals surface area contributed by atoms with E-state index < -0.39 is 152 Å². The second-order valence-electron chi connectivity index (χ2n) is 21.1. The van der Waals surface area contributed by atoms with Crippen LogP contribution in [0.2, 0.25) is 0 Å². The van der Waals surface area contributed by atoms with Crippen LogP contribution in [0.5, 0.6) is 5.75 Å². The van der Waals surface area contributed by atoms with E-state index in [2.05, 4.69) is 67.8 Å². The van der Waals surface area contributed by atoms with E-state index >= 15 is 0 Å². The Hall–Kier alpha value is -10.1. The van der Waals surface area contributed by atoms with Crippen LogP contribution < -0.4 is 65.1 Å². The number of fused-ring (bicyclic) bond motifs is 1. The maximum atomic E-state index is 14.8. The van der Waals surface area contributed by atoms with Gasteiger partial charge in [0.1, 0.15) is 66.7 Å². The molecule has 2 heterocycles. The Kier molecular flexibility index (Phi) is 29.3. The minimum absolute atomic E-state index is 0.0119. The number of amides is 9. The first-order valence-corrected chi connectivity index (χ1v) is 30.4. The molecule has 0 aliphatic heterocycles. The lowest BCUT2D eigenvalue weighted by atomic mass is 10.0. The maximum absolute atomic E-state index is 14.8. The number of para-hydroxylation sites is 1. The van der Waals surface area contributed by atoms with E-state index in [4.69, 9.17) is 17.2 Å². The zero-order valence-corrected chi connectivity index (χ0v) is 50.9. The second-order valence-corrected chi connectivity index (χ2v) is 22.1. The van der Waals surface area contributed by atoms with Crippen molar-refractivity contribution in [2.24, 2.45) is 22.2 Å². The van der Waals surface area contributed by atoms with Crippen molar-refractivity contribution in [1.29, 1.82) is 0 Å². The molecule has 0 saturated heterocycles. The van der Waals surface area contributed by atoms with Crippen molar-refractivity contribution >= 4 is 93.7 Å². The quantitative estimate of drug-likeness (QED) is 0.0101. The number of hydrogen-bond acceptors (Lipinski definition) is 18. The number of aliphatic imine (C=N–C) groups is 1. The molecule has 496 valence electrons. The number of aliphatic hydroxyl groups is 2. The highest BCUT2D eigenvalue weighted by Crippen LogP contribution is 2.20. The summed E-state index contributed by atoms with van der Waals surface area (Å²) >= 11 is 1.25. The van der Waals surface area contributed by atoms with Crippen LogP contribution in [0.25, 0.3) is 10.9 Å². The van der Waals surface area contributed by atoms with Gasteiger partial charge in [0.15, 0.2) is 5.96 Å². The van der Waals surface area contributed by atoms with Crippen LogP contribution in [0.15, 0.2) is 103 Å². The molecular formula is C59H78N16O16S. The van der Waals surface area contributed by atoms with Gasteiger partial charge in [-0.15, -0.1) is 0 Å². The first-order valence-electron chi connectivity index (χ1n) is 29.0. The van der Waals surface area contributed by atoms with Gasteiger partial charge >= 0.3 is 11.9 Å². The molecule has 0 fully saturated rings. The number of hydrogen-bond donors (Lipinski definition) is 19. The molecule has 0 radical (unpaired) electrons. The van der Waals surface area contributed by atoms with Gasteiger partial charge < -0.3 is 101 Å². The van der Waals surface area contributed by atoms with Gasteiger partial charge in [0.25, 0.3) is 0 Å². The molecule has 3 aromatic carbocycles. The molecule has 9 amide bonds. The van der Waals surface area contributed by atoms with Crippen molar-refractivity contribution in [2.75, 3.05) is 38.3 Å². The molecule has 5 rings (SSSR count). The van der Waals surface area contributed by atoms with E-state index in [0.29, 0.717) is 27.6 Å². The molecular weight excluding hydrogens is 1220 g/mol. The van der Waals surface area contributed by atoms with Gasteiger partial charge in [0, 0.05) is 67.6 Å².